The second-order valence-electron chi connectivity index (χ2n) is 5.84. The fraction of sp³-hybridized carbons (Fsp3) is 0.158. The Morgan fingerprint density at radius 1 is 1.16 bits per heavy atom. The quantitative estimate of drug-likeness (QED) is 0.524. The molecule has 0 atom stereocenters. The molecule has 4 nitrogen and oxygen atoms in total. The summed E-state index contributed by atoms with van der Waals surface area (Å²) in [6.07, 6.45) is 1.58. The summed E-state index contributed by atoms with van der Waals surface area (Å²) in [7, 11) is 0. The van der Waals surface area contributed by atoms with Crippen molar-refractivity contribution in [2.24, 2.45) is 0 Å². The summed E-state index contributed by atoms with van der Waals surface area (Å²) in [6, 6.07) is 14.6. The second kappa shape index (κ2) is 6.86. The number of rotatable bonds is 5. The second-order valence-corrected chi connectivity index (χ2v) is 7.19. The highest BCUT2D eigenvalue weighted by Crippen LogP contribution is 2.28. The largest absolute Gasteiger partial charge is 0.368 e. The standard InChI is InChI=1S/C19H17ClN4S/c1-13-8-14-4-2-3-5-17(14)24(13)7-6-21-19-10-16(22-12-23-19)18-9-15(20)11-25-18/h2-5,8-12H,6-7H2,1H3,(H,21,22,23). The molecule has 25 heavy (non-hydrogen) atoms. The summed E-state index contributed by atoms with van der Waals surface area (Å²) in [5.41, 5.74) is 3.41. The Morgan fingerprint density at radius 3 is 2.88 bits per heavy atom. The highest BCUT2D eigenvalue weighted by atomic mass is 35.5. The number of aryl methyl sites for hydroxylation is 1. The summed E-state index contributed by atoms with van der Waals surface area (Å²) in [6.45, 7) is 3.81. The number of halogens is 1. The molecule has 126 valence electrons. The highest BCUT2D eigenvalue weighted by Gasteiger charge is 2.07. The molecule has 0 saturated heterocycles. The maximum atomic E-state index is 6.00. The first kappa shape index (κ1) is 16.1. The van der Waals surface area contributed by atoms with Crippen LogP contribution < -0.4 is 5.32 Å². The van der Waals surface area contributed by atoms with Gasteiger partial charge in [-0.25, -0.2) is 9.97 Å². The van der Waals surface area contributed by atoms with E-state index in [1.165, 1.54) is 16.6 Å². The van der Waals surface area contributed by atoms with Gasteiger partial charge in [0.15, 0.2) is 0 Å². The topological polar surface area (TPSA) is 42.7 Å². The average molecular weight is 369 g/mol. The van der Waals surface area contributed by atoms with Gasteiger partial charge in [-0.2, -0.15) is 0 Å². The predicted molar refractivity (Wildman–Crippen MR) is 106 cm³/mol. The van der Waals surface area contributed by atoms with Crippen molar-refractivity contribution in [2.45, 2.75) is 13.5 Å². The molecule has 0 amide bonds. The van der Waals surface area contributed by atoms with Gasteiger partial charge in [0.05, 0.1) is 15.6 Å². The molecular formula is C19H17ClN4S. The molecule has 4 rings (SSSR count). The molecular weight excluding hydrogens is 352 g/mol. The number of nitrogens with one attached hydrogen (secondary N) is 1. The van der Waals surface area contributed by atoms with E-state index in [1.807, 2.05) is 17.5 Å². The van der Waals surface area contributed by atoms with E-state index >= 15 is 0 Å². The van der Waals surface area contributed by atoms with Crippen LogP contribution in [-0.4, -0.2) is 21.1 Å². The van der Waals surface area contributed by atoms with Gasteiger partial charge in [-0.1, -0.05) is 29.8 Å². The van der Waals surface area contributed by atoms with Gasteiger partial charge < -0.3 is 9.88 Å². The van der Waals surface area contributed by atoms with Crippen LogP contribution in [0, 0.1) is 6.92 Å². The Labute approximate surface area is 155 Å². The summed E-state index contributed by atoms with van der Waals surface area (Å²) in [5, 5.41) is 7.32. The molecule has 3 heterocycles. The zero-order valence-electron chi connectivity index (χ0n) is 13.7. The van der Waals surface area contributed by atoms with Crippen molar-refractivity contribution in [1.82, 2.24) is 14.5 Å². The van der Waals surface area contributed by atoms with E-state index in [4.69, 9.17) is 11.6 Å². The summed E-state index contributed by atoms with van der Waals surface area (Å²) < 4.78 is 2.32. The number of aromatic nitrogens is 3. The molecule has 0 saturated carbocycles. The van der Waals surface area contributed by atoms with Crippen LogP contribution >= 0.6 is 22.9 Å². The molecule has 4 aromatic rings. The van der Waals surface area contributed by atoms with Gasteiger partial charge >= 0.3 is 0 Å². The minimum absolute atomic E-state index is 0.739. The fourth-order valence-electron chi connectivity index (χ4n) is 2.98. The highest BCUT2D eigenvalue weighted by molar-refractivity contribution is 7.14. The number of para-hydroxylation sites is 1. The molecule has 0 bridgehead atoms. The number of anilines is 1. The first-order valence-corrected chi connectivity index (χ1v) is 9.32. The molecule has 6 heteroatoms. The SMILES string of the molecule is Cc1cc2ccccc2n1CCNc1cc(-c2cc(Cl)cs2)ncn1. The van der Waals surface area contributed by atoms with Crippen molar-refractivity contribution >= 4 is 39.7 Å². The lowest BCUT2D eigenvalue weighted by Gasteiger charge is -2.10. The Bertz CT molecular complexity index is 1020. The van der Waals surface area contributed by atoms with E-state index in [1.54, 1.807) is 17.7 Å². The van der Waals surface area contributed by atoms with Crippen LogP contribution in [0.4, 0.5) is 5.82 Å². The fourth-order valence-corrected chi connectivity index (χ4v) is 4.02. The number of hydrogen-bond donors (Lipinski definition) is 1. The van der Waals surface area contributed by atoms with Crippen LogP contribution in [0.2, 0.25) is 5.02 Å². The van der Waals surface area contributed by atoms with Crippen molar-refractivity contribution in [2.75, 3.05) is 11.9 Å². The third kappa shape index (κ3) is 3.38. The van der Waals surface area contributed by atoms with Crippen LogP contribution in [0.5, 0.6) is 0 Å². The Hall–Kier alpha value is -2.37. The molecule has 0 radical (unpaired) electrons. The Balaban J connectivity index is 1.47. The number of nitrogens with zero attached hydrogens (tertiary/aromatic N) is 3. The molecule has 0 aliphatic carbocycles. The zero-order valence-corrected chi connectivity index (χ0v) is 15.3. The van der Waals surface area contributed by atoms with Gasteiger partial charge in [-0.05, 0) is 30.5 Å². The van der Waals surface area contributed by atoms with Crippen LogP contribution in [0.1, 0.15) is 5.69 Å². The van der Waals surface area contributed by atoms with Gasteiger partial charge in [-0.15, -0.1) is 11.3 Å². The smallest absolute Gasteiger partial charge is 0.130 e. The van der Waals surface area contributed by atoms with Gasteiger partial charge in [-0.3, -0.25) is 0 Å². The third-order valence-electron chi connectivity index (χ3n) is 4.15. The number of thiophene rings is 1. The van der Waals surface area contributed by atoms with E-state index in [-0.39, 0.29) is 0 Å². The van der Waals surface area contributed by atoms with Crippen molar-refractivity contribution in [3.05, 3.63) is 64.9 Å². The first-order chi connectivity index (χ1) is 12.2. The van der Waals surface area contributed by atoms with Crippen LogP contribution in [0.3, 0.4) is 0 Å². The summed E-state index contributed by atoms with van der Waals surface area (Å²) >= 11 is 7.58. The predicted octanol–water partition coefficient (Wildman–Crippen LogP) is 5.23. The monoisotopic (exact) mass is 368 g/mol. The maximum absolute atomic E-state index is 6.00. The molecule has 1 aromatic carbocycles. The number of fused-ring (bicyclic) bond motifs is 1. The third-order valence-corrected chi connectivity index (χ3v) is 5.45. The number of hydrogen-bond acceptors (Lipinski definition) is 4. The lowest BCUT2D eigenvalue weighted by molar-refractivity contribution is 0.733. The van der Waals surface area contributed by atoms with Crippen LogP contribution in [-0.2, 0) is 6.54 Å². The van der Waals surface area contributed by atoms with Crippen molar-refractivity contribution in [1.29, 1.82) is 0 Å². The van der Waals surface area contributed by atoms with Gasteiger partial charge in [0.25, 0.3) is 0 Å². The van der Waals surface area contributed by atoms with Crippen molar-refractivity contribution in [3.8, 4) is 10.6 Å². The first-order valence-electron chi connectivity index (χ1n) is 8.06. The lowest BCUT2D eigenvalue weighted by Crippen LogP contribution is -2.12. The molecule has 0 fully saturated rings. The van der Waals surface area contributed by atoms with E-state index in [9.17, 15) is 0 Å². The van der Waals surface area contributed by atoms with E-state index in [0.29, 0.717) is 0 Å². The normalized spacial score (nSPS) is 11.1. The molecule has 0 aliphatic heterocycles. The zero-order chi connectivity index (χ0) is 17.2. The minimum atomic E-state index is 0.739. The van der Waals surface area contributed by atoms with Crippen molar-refractivity contribution in [3.63, 3.8) is 0 Å². The molecule has 0 spiro atoms. The summed E-state index contributed by atoms with van der Waals surface area (Å²) in [5.74, 6) is 0.823. The Kier molecular flexibility index (Phi) is 4.42. The van der Waals surface area contributed by atoms with Crippen LogP contribution in [0.15, 0.2) is 54.2 Å². The minimum Gasteiger partial charge on any atom is -0.368 e. The van der Waals surface area contributed by atoms with E-state index in [0.717, 1.165) is 34.5 Å². The maximum Gasteiger partial charge on any atom is 0.130 e. The molecule has 1 N–H and O–H groups in total. The van der Waals surface area contributed by atoms with Gasteiger partial charge in [0.2, 0.25) is 0 Å². The number of benzene rings is 1. The Morgan fingerprint density at radius 2 is 2.04 bits per heavy atom. The van der Waals surface area contributed by atoms with Crippen LogP contribution in [0.25, 0.3) is 21.5 Å². The molecule has 3 aromatic heterocycles. The summed E-state index contributed by atoms with van der Waals surface area (Å²) in [4.78, 5) is 9.69. The van der Waals surface area contributed by atoms with Gasteiger partial charge in [0, 0.05) is 35.7 Å². The lowest BCUT2D eigenvalue weighted by atomic mass is 10.2. The average Bonchev–Trinajstić information content (AvgIpc) is 3.19. The van der Waals surface area contributed by atoms with Crippen molar-refractivity contribution < 1.29 is 0 Å². The molecule has 0 unspecified atom stereocenters. The van der Waals surface area contributed by atoms with E-state index in [2.05, 4.69) is 57.1 Å². The van der Waals surface area contributed by atoms with E-state index < -0.39 is 0 Å². The van der Waals surface area contributed by atoms with Gasteiger partial charge in [0.1, 0.15) is 12.1 Å². The molecule has 0 aliphatic rings.